The van der Waals surface area contributed by atoms with E-state index in [0.717, 1.165) is 12.8 Å². The van der Waals surface area contributed by atoms with Gasteiger partial charge in [-0.25, -0.2) is 4.79 Å². The van der Waals surface area contributed by atoms with E-state index in [9.17, 15) is 9.90 Å². The summed E-state index contributed by atoms with van der Waals surface area (Å²) in [6, 6.07) is 0. The number of rotatable bonds is 3. The van der Waals surface area contributed by atoms with Crippen molar-refractivity contribution in [3.8, 4) is 0 Å². The first-order valence-corrected chi connectivity index (χ1v) is 6.41. The van der Waals surface area contributed by atoms with Gasteiger partial charge in [0.25, 0.3) is 0 Å². The quantitative estimate of drug-likeness (QED) is 0.739. The minimum atomic E-state index is -0.518. The van der Waals surface area contributed by atoms with E-state index in [0.29, 0.717) is 30.9 Å². The molecule has 0 amide bonds. The highest BCUT2D eigenvalue weighted by Gasteiger charge is 2.44. The molecule has 1 unspecified atom stereocenters. The fourth-order valence-electron chi connectivity index (χ4n) is 3.02. The summed E-state index contributed by atoms with van der Waals surface area (Å²) < 4.78 is 5.58. The SMILES string of the molecule is CC1(C2CCCC2)CC(O)=C(CCN)C(=O)O1. The molecule has 0 aromatic heterocycles. The van der Waals surface area contributed by atoms with Crippen molar-refractivity contribution in [2.75, 3.05) is 6.54 Å². The number of cyclic esters (lactones) is 1. The largest absolute Gasteiger partial charge is 0.512 e. The van der Waals surface area contributed by atoms with Crippen LogP contribution in [0.3, 0.4) is 0 Å². The summed E-state index contributed by atoms with van der Waals surface area (Å²) in [7, 11) is 0. The van der Waals surface area contributed by atoms with Gasteiger partial charge in [0.2, 0.25) is 0 Å². The maximum atomic E-state index is 11.9. The van der Waals surface area contributed by atoms with E-state index < -0.39 is 5.60 Å². The van der Waals surface area contributed by atoms with Crippen molar-refractivity contribution in [3.05, 3.63) is 11.3 Å². The van der Waals surface area contributed by atoms with Crippen LogP contribution in [0.5, 0.6) is 0 Å². The van der Waals surface area contributed by atoms with Crippen LogP contribution in [0, 0.1) is 5.92 Å². The van der Waals surface area contributed by atoms with Crippen LogP contribution >= 0.6 is 0 Å². The lowest BCUT2D eigenvalue weighted by Gasteiger charge is -2.38. The van der Waals surface area contributed by atoms with E-state index in [-0.39, 0.29) is 11.7 Å². The number of ether oxygens (including phenoxy) is 1. The molecule has 2 rings (SSSR count). The van der Waals surface area contributed by atoms with Crippen molar-refractivity contribution >= 4 is 5.97 Å². The van der Waals surface area contributed by atoms with Crippen LogP contribution in [0.25, 0.3) is 0 Å². The molecule has 0 spiro atoms. The number of esters is 1. The van der Waals surface area contributed by atoms with E-state index in [1.807, 2.05) is 6.92 Å². The molecule has 1 aliphatic heterocycles. The molecule has 0 aromatic carbocycles. The van der Waals surface area contributed by atoms with Gasteiger partial charge in [0, 0.05) is 6.42 Å². The summed E-state index contributed by atoms with van der Waals surface area (Å²) in [5, 5.41) is 9.99. The van der Waals surface area contributed by atoms with Crippen molar-refractivity contribution in [1.82, 2.24) is 0 Å². The Morgan fingerprint density at radius 2 is 2.12 bits per heavy atom. The van der Waals surface area contributed by atoms with Crippen LogP contribution < -0.4 is 5.73 Å². The standard InChI is InChI=1S/C13H21NO3/c1-13(9-4-2-3-5-9)8-11(15)10(6-7-14)12(16)17-13/h9,15H,2-8,14H2,1H3. The monoisotopic (exact) mass is 239 g/mol. The predicted molar refractivity (Wildman–Crippen MR) is 64.4 cm³/mol. The average molecular weight is 239 g/mol. The third kappa shape index (κ3) is 2.32. The summed E-state index contributed by atoms with van der Waals surface area (Å²) in [5.41, 5.74) is 5.27. The second-order valence-electron chi connectivity index (χ2n) is 5.32. The molecule has 0 radical (unpaired) electrons. The Hall–Kier alpha value is -1.03. The number of aliphatic hydroxyl groups excluding tert-OH is 1. The summed E-state index contributed by atoms with van der Waals surface area (Å²) >= 11 is 0. The first kappa shape index (κ1) is 12.4. The number of carbonyl (C=O) groups is 1. The van der Waals surface area contributed by atoms with Gasteiger partial charge in [0.15, 0.2) is 0 Å². The van der Waals surface area contributed by atoms with Gasteiger partial charge in [0.1, 0.15) is 11.4 Å². The Labute approximate surface area is 102 Å². The van der Waals surface area contributed by atoms with Crippen molar-refractivity contribution in [2.24, 2.45) is 11.7 Å². The molecule has 0 bridgehead atoms. The van der Waals surface area contributed by atoms with Gasteiger partial charge in [-0.3, -0.25) is 0 Å². The van der Waals surface area contributed by atoms with Gasteiger partial charge in [-0.1, -0.05) is 12.8 Å². The summed E-state index contributed by atoms with van der Waals surface area (Å²) in [6.07, 6.45) is 5.40. The fraction of sp³-hybridized carbons (Fsp3) is 0.769. The Morgan fingerprint density at radius 1 is 1.47 bits per heavy atom. The number of aliphatic hydroxyl groups is 1. The minimum absolute atomic E-state index is 0.182. The molecule has 17 heavy (non-hydrogen) atoms. The zero-order valence-corrected chi connectivity index (χ0v) is 10.4. The maximum Gasteiger partial charge on any atom is 0.338 e. The zero-order chi connectivity index (χ0) is 12.5. The van der Waals surface area contributed by atoms with Crippen LogP contribution in [0.15, 0.2) is 11.3 Å². The molecule has 2 aliphatic rings. The first-order valence-electron chi connectivity index (χ1n) is 6.41. The molecular weight excluding hydrogens is 218 g/mol. The molecule has 1 atom stereocenters. The van der Waals surface area contributed by atoms with Crippen LogP contribution in [0.1, 0.15) is 45.4 Å². The molecule has 1 heterocycles. The Bertz CT molecular complexity index is 345. The van der Waals surface area contributed by atoms with Crippen molar-refractivity contribution < 1.29 is 14.6 Å². The highest BCUT2D eigenvalue weighted by Crippen LogP contribution is 2.42. The van der Waals surface area contributed by atoms with Crippen molar-refractivity contribution in [2.45, 2.75) is 51.0 Å². The third-order valence-corrected chi connectivity index (χ3v) is 4.05. The van der Waals surface area contributed by atoms with E-state index in [4.69, 9.17) is 10.5 Å². The maximum absolute atomic E-state index is 11.9. The zero-order valence-electron chi connectivity index (χ0n) is 10.4. The number of hydrogen-bond donors (Lipinski definition) is 2. The van der Waals surface area contributed by atoms with Crippen LogP contribution in [0.4, 0.5) is 0 Å². The molecule has 96 valence electrons. The van der Waals surface area contributed by atoms with Crippen LogP contribution in [-0.4, -0.2) is 23.2 Å². The summed E-state index contributed by atoms with van der Waals surface area (Å²) in [6.45, 7) is 2.30. The Morgan fingerprint density at radius 3 is 2.65 bits per heavy atom. The van der Waals surface area contributed by atoms with Gasteiger partial charge in [-0.15, -0.1) is 0 Å². The molecule has 4 heteroatoms. The van der Waals surface area contributed by atoms with Gasteiger partial charge in [-0.05, 0) is 38.6 Å². The lowest BCUT2D eigenvalue weighted by atomic mass is 9.81. The number of carbonyl (C=O) groups excluding carboxylic acids is 1. The predicted octanol–water partition coefficient (Wildman–Crippen LogP) is 2.04. The normalized spacial score (nSPS) is 30.8. The van der Waals surface area contributed by atoms with Crippen LogP contribution in [0.2, 0.25) is 0 Å². The molecule has 1 fully saturated rings. The highest BCUT2D eigenvalue weighted by molar-refractivity contribution is 5.90. The first-order chi connectivity index (χ1) is 8.07. The average Bonchev–Trinajstić information content (AvgIpc) is 2.77. The van der Waals surface area contributed by atoms with E-state index in [1.165, 1.54) is 12.8 Å². The minimum Gasteiger partial charge on any atom is -0.512 e. The van der Waals surface area contributed by atoms with Gasteiger partial charge in [0.05, 0.1) is 5.57 Å². The molecule has 4 nitrogen and oxygen atoms in total. The topological polar surface area (TPSA) is 72.5 Å². The van der Waals surface area contributed by atoms with Crippen LogP contribution in [-0.2, 0) is 9.53 Å². The number of hydrogen-bond acceptors (Lipinski definition) is 4. The molecule has 1 aliphatic carbocycles. The third-order valence-electron chi connectivity index (χ3n) is 4.05. The smallest absolute Gasteiger partial charge is 0.338 e. The molecule has 0 aromatic rings. The highest BCUT2D eigenvalue weighted by atomic mass is 16.6. The summed E-state index contributed by atoms with van der Waals surface area (Å²) in [5.74, 6) is 0.183. The second kappa shape index (κ2) is 4.69. The Kier molecular flexibility index (Phi) is 3.43. The summed E-state index contributed by atoms with van der Waals surface area (Å²) in [4.78, 5) is 11.9. The van der Waals surface area contributed by atoms with Gasteiger partial charge in [-0.2, -0.15) is 0 Å². The van der Waals surface area contributed by atoms with Crippen molar-refractivity contribution in [3.63, 3.8) is 0 Å². The van der Waals surface area contributed by atoms with E-state index >= 15 is 0 Å². The van der Waals surface area contributed by atoms with Gasteiger partial charge >= 0.3 is 5.97 Å². The lowest BCUT2D eigenvalue weighted by Crippen LogP contribution is -2.43. The second-order valence-corrected chi connectivity index (χ2v) is 5.32. The van der Waals surface area contributed by atoms with Crippen molar-refractivity contribution in [1.29, 1.82) is 0 Å². The molecule has 0 saturated heterocycles. The molecule has 1 saturated carbocycles. The number of nitrogens with two attached hydrogens (primary N) is 1. The van der Waals surface area contributed by atoms with Gasteiger partial charge < -0.3 is 15.6 Å². The van der Waals surface area contributed by atoms with E-state index in [2.05, 4.69) is 0 Å². The molecule has 3 N–H and O–H groups in total. The molecular formula is C13H21NO3. The fourth-order valence-corrected chi connectivity index (χ4v) is 3.02. The van der Waals surface area contributed by atoms with E-state index in [1.54, 1.807) is 0 Å². The lowest BCUT2D eigenvalue weighted by molar-refractivity contribution is -0.163. The Balaban J connectivity index is 2.17.